The molecule has 0 nitrogen and oxygen atoms in total. The molecule has 0 fully saturated rings. The molecule has 0 spiro atoms. The van der Waals surface area contributed by atoms with Gasteiger partial charge in [-0.25, -0.2) is 6.42 Å². The van der Waals surface area contributed by atoms with Gasteiger partial charge < -0.3 is 14.4 Å². The van der Waals surface area contributed by atoms with Crippen LogP contribution in [-0.4, -0.2) is 0 Å². The maximum absolute atomic E-state index is 4.85. The fraction of sp³-hybridized carbons (Fsp3) is 0.500. The van der Waals surface area contributed by atoms with Gasteiger partial charge in [-0.15, -0.1) is 0 Å². The van der Waals surface area contributed by atoms with E-state index in [0.717, 1.165) is 6.42 Å². The van der Waals surface area contributed by atoms with Gasteiger partial charge in [0.1, 0.15) is 0 Å². The third-order valence-corrected chi connectivity index (χ3v) is 0. The minimum absolute atomic E-state index is 0. The van der Waals surface area contributed by atoms with Crippen LogP contribution < -0.4 is 0 Å². The van der Waals surface area contributed by atoms with Crippen LogP contribution in [0.2, 0.25) is 0 Å². The summed E-state index contributed by atoms with van der Waals surface area (Å²) in [5.74, 6) is 0. The smallest absolute Gasteiger partial charge is 0.495 e. The Kier molecular flexibility index (Phi) is 80.5. The Morgan fingerprint density at radius 2 is 1.60 bits per heavy atom. The minimum Gasteiger partial charge on any atom is -0.495 e. The summed E-state index contributed by atoms with van der Waals surface area (Å²) in [5.41, 5.74) is 0. The molecule has 0 bridgehead atoms. The van der Waals surface area contributed by atoms with Crippen LogP contribution in [0, 0.1) is 14.4 Å². The van der Waals surface area contributed by atoms with Gasteiger partial charge >= 0.3 is 19.5 Å². The van der Waals surface area contributed by atoms with Crippen LogP contribution in [0.15, 0.2) is 0 Å². The van der Waals surface area contributed by atoms with Crippen LogP contribution in [0.25, 0.3) is 0 Å². The molecule has 0 N–H and O–H groups in total. The van der Waals surface area contributed by atoms with E-state index in [0.29, 0.717) is 0 Å². The van der Waals surface area contributed by atoms with Gasteiger partial charge in [0.05, 0.1) is 0 Å². The number of rotatable bonds is 0. The standard InChI is InChI=1S/C3H6.CH3.Zn/c1-3-2;;/h1H,3H2,2H3;1H3;/q2*-1;+2. The normalized spacial score (nSPS) is 3.60. The van der Waals surface area contributed by atoms with Crippen LogP contribution in [0.1, 0.15) is 13.3 Å². The minimum atomic E-state index is 0. The molecule has 0 aromatic heterocycles. The Labute approximate surface area is 47.7 Å². The molecule has 0 heterocycles. The molecule has 0 amide bonds. The second kappa shape index (κ2) is 23.0. The predicted octanol–water partition coefficient (Wildman–Crippen LogP) is 1.56. The van der Waals surface area contributed by atoms with E-state index >= 15 is 0 Å². The molecule has 0 unspecified atom stereocenters. The Balaban J connectivity index is -0.0000000200. The van der Waals surface area contributed by atoms with Crippen molar-refractivity contribution in [2.75, 3.05) is 0 Å². The quantitative estimate of drug-likeness (QED) is 0.338. The van der Waals surface area contributed by atoms with Crippen LogP contribution >= 0.6 is 0 Å². The van der Waals surface area contributed by atoms with Gasteiger partial charge in [0.2, 0.25) is 0 Å². The zero-order valence-electron chi connectivity index (χ0n) is 3.99. The molecule has 0 aliphatic heterocycles. The molecule has 5 heavy (non-hydrogen) atoms. The zero-order chi connectivity index (χ0) is 2.71. The van der Waals surface area contributed by atoms with Crippen molar-refractivity contribution in [1.29, 1.82) is 0 Å². The predicted molar refractivity (Wildman–Crippen MR) is 21.0 cm³/mol. The summed E-state index contributed by atoms with van der Waals surface area (Å²) in [6.07, 6.45) is 0.750. The molecule has 0 rings (SSSR count). The van der Waals surface area contributed by atoms with E-state index in [1.165, 1.54) is 0 Å². The maximum Gasteiger partial charge on any atom is 2.00 e. The molecule has 0 saturated carbocycles. The number of hydrogen-bond donors (Lipinski definition) is 0. The Hall–Kier alpha value is 0.623. The largest absolute Gasteiger partial charge is 2.00 e. The first-order valence-corrected chi connectivity index (χ1v) is 1.12. The third-order valence-electron chi connectivity index (χ3n) is 0. The van der Waals surface area contributed by atoms with E-state index in [1.54, 1.807) is 0 Å². The van der Waals surface area contributed by atoms with Crippen LogP contribution in [0.3, 0.4) is 0 Å². The molecule has 1 heteroatoms. The summed E-state index contributed by atoms with van der Waals surface area (Å²) in [6.45, 7) is 6.75. The summed E-state index contributed by atoms with van der Waals surface area (Å²) >= 11 is 0. The van der Waals surface area contributed by atoms with Gasteiger partial charge in [-0.2, -0.15) is 0 Å². The molecule has 1 radical (unpaired) electrons. The van der Waals surface area contributed by atoms with Crippen molar-refractivity contribution in [1.82, 2.24) is 0 Å². The van der Waals surface area contributed by atoms with Gasteiger partial charge in [0, 0.05) is 0 Å². The van der Waals surface area contributed by atoms with Gasteiger partial charge in [0.15, 0.2) is 0 Å². The number of hydrogen-bond acceptors (Lipinski definition) is 0. The summed E-state index contributed by atoms with van der Waals surface area (Å²) in [4.78, 5) is 0. The van der Waals surface area contributed by atoms with Crippen molar-refractivity contribution in [3.8, 4) is 0 Å². The van der Waals surface area contributed by atoms with Crippen LogP contribution in [0.4, 0.5) is 0 Å². The van der Waals surface area contributed by atoms with Crippen molar-refractivity contribution in [3.63, 3.8) is 0 Å². The van der Waals surface area contributed by atoms with Crippen molar-refractivity contribution >= 4 is 0 Å². The monoisotopic (exact) mass is 121 g/mol. The summed E-state index contributed by atoms with van der Waals surface area (Å²) in [6, 6.07) is 0. The van der Waals surface area contributed by atoms with Crippen molar-refractivity contribution in [2.45, 2.75) is 13.3 Å². The molecular weight excluding hydrogens is 113 g/mol. The van der Waals surface area contributed by atoms with Gasteiger partial charge in [0.25, 0.3) is 0 Å². The van der Waals surface area contributed by atoms with Crippen LogP contribution in [-0.2, 0) is 19.5 Å². The second-order valence-corrected chi connectivity index (χ2v) is 0.408. The molecule has 0 aromatic rings. The first-order chi connectivity index (χ1) is 1.41. The first-order valence-electron chi connectivity index (χ1n) is 1.12. The third kappa shape index (κ3) is 81.9. The average molecular weight is 123 g/mol. The Morgan fingerprint density at radius 1 is 1.60 bits per heavy atom. The fourth-order valence-electron chi connectivity index (χ4n) is 0. The van der Waals surface area contributed by atoms with Gasteiger partial charge in [-0.1, -0.05) is 6.92 Å². The summed E-state index contributed by atoms with van der Waals surface area (Å²) < 4.78 is 0. The van der Waals surface area contributed by atoms with E-state index in [2.05, 4.69) is 0 Å². The Bertz CT molecular complexity index is 3.61. The Morgan fingerprint density at radius 3 is 1.60 bits per heavy atom. The SMILES string of the molecule is [CH-]CC.[CH3-].[Zn+2]. The van der Waals surface area contributed by atoms with E-state index in [-0.39, 0.29) is 26.9 Å². The van der Waals surface area contributed by atoms with Crippen molar-refractivity contribution in [3.05, 3.63) is 14.4 Å². The molecule has 0 aromatic carbocycles. The van der Waals surface area contributed by atoms with Crippen molar-refractivity contribution in [2.24, 2.45) is 0 Å². The molecule has 0 aliphatic carbocycles. The fourth-order valence-corrected chi connectivity index (χ4v) is 0. The molecular formula is C4H9Zn. The maximum atomic E-state index is 4.85. The van der Waals surface area contributed by atoms with E-state index in [9.17, 15) is 0 Å². The summed E-state index contributed by atoms with van der Waals surface area (Å²) in [5, 5.41) is 0. The molecule has 0 saturated heterocycles. The van der Waals surface area contributed by atoms with E-state index in [1.807, 2.05) is 6.92 Å². The zero-order valence-corrected chi connectivity index (χ0v) is 6.96. The van der Waals surface area contributed by atoms with E-state index in [4.69, 9.17) is 6.92 Å². The summed E-state index contributed by atoms with van der Waals surface area (Å²) in [7, 11) is 0. The topological polar surface area (TPSA) is 0 Å². The van der Waals surface area contributed by atoms with Crippen molar-refractivity contribution < 1.29 is 19.5 Å². The van der Waals surface area contributed by atoms with E-state index < -0.39 is 0 Å². The van der Waals surface area contributed by atoms with Crippen LogP contribution in [0.5, 0.6) is 0 Å². The first kappa shape index (κ1) is 17.5. The average Bonchev–Trinajstić information content (AvgIpc) is 0.918. The second-order valence-electron chi connectivity index (χ2n) is 0.408. The molecule has 0 aliphatic rings. The molecule has 0 atom stereocenters. The van der Waals surface area contributed by atoms with Gasteiger partial charge in [-0.05, 0) is 0 Å². The van der Waals surface area contributed by atoms with Gasteiger partial charge in [-0.3, -0.25) is 0 Å². The molecule has 27 valence electrons.